The van der Waals surface area contributed by atoms with Crippen molar-refractivity contribution in [2.75, 3.05) is 0 Å². The Balaban J connectivity index is 2.10. The van der Waals surface area contributed by atoms with Crippen molar-refractivity contribution in [1.29, 1.82) is 0 Å². The van der Waals surface area contributed by atoms with Gasteiger partial charge in [-0.3, -0.25) is 4.79 Å². The van der Waals surface area contributed by atoms with E-state index in [1.807, 2.05) is 6.92 Å². The fraction of sp³-hybridized carbons (Fsp3) is 0.385. The topological polar surface area (TPSA) is 69.9 Å². The number of hydrogen-bond donors (Lipinski definition) is 0. The number of rotatable bonds is 6. The van der Waals surface area contributed by atoms with Crippen molar-refractivity contribution in [2.45, 2.75) is 33.4 Å². The van der Waals surface area contributed by atoms with E-state index in [9.17, 15) is 4.79 Å². The highest BCUT2D eigenvalue weighted by Crippen LogP contribution is 2.16. The molecule has 0 aromatic carbocycles. The summed E-state index contributed by atoms with van der Waals surface area (Å²) in [5.41, 5.74) is 1.09. The van der Waals surface area contributed by atoms with E-state index in [0.29, 0.717) is 17.7 Å². The molecule has 2 heterocycles. The average molecular weight is 260 g/mol. The van der Waals surface area contributed by atoms with E-state index < -0.39 is 0 Å². The van der Waals surface area contributed by atoms with E-state index in [4.69, 9.17) is 4.74 Å². The van der Waals surface area contributed by atoms with Gasteiger partial charge in [0.2, 0.25) is 0 Å². The van der Waals surface area contributed by atoms with Gasteiger partial charge in [0.1, 0.15) is 24.4 Å². The maximum atomic E-state index is 10.9. The molecule has 0 unspecified atom stereocenters. The molecule has 0 fully saturated rings. The van der Waals surface area contributed by atoms with Gasteiger partial charge in [-0.25, -0.2) is 14.6 Å². The molecule has 0 bridgehead atoms. The SMILES string of the molecule is CCCn1ncnc1COc1ccc(C)nc1C=O. The van der Waals surface area contributed by atoms with E-state index in [1.165, 1.54) is 6.33 Å². The number of aromatic nitrogens is 4. The van der Waals surface area contributed by atoms with Gasteiger partial charge in [-0.1, -0.05) is 6.92 Å². The molecule has 6 heteroatoms. The average Bonchev–Trinajstić information content (AvgIpc) is 2.85. The van der Waals surface area contributed by atoms with Crippen LogP contribution in [0, 0.1) is 6.92 Å². The summed E-state index contributed by atoms with van der Waals surface area (Å²) in [7, 11) is 0. The summed E-state index contributed by atoms with van der Waals surface area (Å²) in [6.07, 6.45) is 3.17. The van der Waals surface area contributed by atoms with E-state index >= 15 is 0 Å². The van der Waals surface area contributed by atoms with Gasteiger partial charge in [0, 0.05) is 12.2 Å². The number of aryl methyl sites for hydroxylation is 2. The van der Waals surface area contributed by atoms with E-state index in [2.05, 4.69) is 22.0 Å². The summed E-state index contributed by atoms with van der Waals surface area (Å²) in [5, 5.41) is 4.12. The van der Waals surface area contributed by atoms with Crippen LogP contribution in [0.2, 0.25) is 0 Å². The highest BCUT2D eigenvalue weighted by Gasteiger charge is 2.08. The predicted octanol–water partition coefficient (Wildman–Crippen LogP) is 1.78. The Kier molecular flexibility index (Phi) is 4.22. The van der Waals surface area contributed by atoms with Crippen molar-refractivity contribution in [3.05, 3.63) is 35.7 Å². The molecule has 19 heavy (non-hydrogen) atoms. The van der Waals surface area contributed by atoms with Gasteiger partial charge >= 0.3 is 0 Å². The third-order valence-electron chi connectivity index (χ3n) is 2.62. The number of nitrogens with zero attached hydrogens (tertiary/aromatic N) is 4. The van der Waals surface area contributed by atoms with Crippen LogP contribution in [-0.2, 0) is 13.2 Å². The minimum atomic E-state index is 0.269. The summed E-state index contributed by atoms with van der Waals surface area (Å²) in [4.78, 5) is 19.2. The maximum Gasteiger partial charge on any atom is 0.172 e. The van der Waals surface area contributed by atoms with Crippen molar-refractivity contribution >= 4 is 6.29 Å². The van der Waals surface area contributed by atoms with Gasteiger partial charge in [-0.15, -0.1) is 0 Å². The largest absolute Gasteiger partial charge is 0.483 e. The van der Waals surface area contributed by atoms with Crippen LogP contribution in [0.25, 0.3) is 0 Å². The van der Waals surface area contributed by atoms with Crippen LogP contribution in [0.15, 0.2) is 18.5 Å². The molecule has 0 aliphatic heterocycles. The van der Waals surface area contributed by atoms with Crippen LogP contribution in [0.3, 0.4) is 0 Å². The minimum Gasteiger partial charge on any atom is -0.483 e. The van der Waals surface area contributed by atoms with Crippen LogP contribution in [0.5, 0.6) is 5.75 Å². The molecule has 2 aromatic rings. The number of carbonyl (C=O) groups excluding carboxylic acids is 1. The summed E-state index contributed by atoms with van der Waals surface area (Å²) in [6.45, 7) is 4.96. The first kappa shape index (κ1) is 13.2. The lowest BCUT2D eigenvalue weighted by Crippen LogP contribution is -2.09. The molecule has 6 nitrogen and oxygen atoms in total. The number of ether oxygens (including phenoxy) is 1. The van der Waals surface area contributed by atoms with Gasteiger partial charge in [0.25, 0.3) is 0 Å². The molecule has 0 radical (unpaired) electrons. The van der Waals surface area contributed by atoms with Crippen molar-refractivity contribution in [3.63, 3.8) is 0 Å². The van der Waals surface area contributed by atoms with E-state index in [0.717, 1.165) is 24.5 Å². The lowest BCUT2D eigenvalue weighted by atomic mass is 10.3. The first-order valence-corrected chi connectivity index (χ1v) is 6.17. The molecule has 0 aliphatic rings. The molecule has 0 spiro atoms. The minimum absolute atomic E-state index is 0.269. The summed E-state index contributed by atoms with van der Waals surface area (Å²) in [5.74, 6) is 1.20. The van der Waals surface area contributed by atoms with E-state index in [1.54, 1.807) is 16.8 Å². The van der Waals surface area contributed by atoms with Gasteiger partial charge in [0.05, 0.1) is 0 Å². The Morgan fingerprint density at radius 1 is 1.42 bits per heavy atom. The zero-order valence-corrected chi connectivity index (χ0v) is 11.0. The zero-order chi connectivity index (χ0) is 13.7. The second kappa shape index (κ2) is 6.08. The Labute approximate surface area is 111 Å². The molecule has 100 valence electrons. The second-order valence-corrected chi connectivity index (χ2v) is 4.14. The molecule has 0 aliphatic carbocycles. The van der Waals surface area contributed by atoms with Crippen molar-refractivity contribution in [1.82, 2.24) is 19.7 Å². The van der Waals surface area contributed by atoms with Crippen molar-refractivity contribution < 1.29 is 9.53 Å². The first-order chi connectivity index (χ1) is 9.24. The van der Waals surface area contributed by atoms with Gasteiger partial charge in [0.15, 0.2) is 12.1 Å². The first-order valence-electron chi connectivity index (χ1n) is 6.17. The third kappa shape index (κ3) is 3.15. The third-order valence-corrected chi connectivity index (χ3v) is 2.62. The molecular formula is C13H16N4O2. The standard InChI is InChI=1S/C13H16N4O2/c1-3-6-17-13(14-9-15-17)8-19-12-5-4-10(2)16-11(12)7-18/h4-5,7,9H,3,6,8H2,1-2H3. The van der Waals surface area contributed by atoms with Crippen LogP contribution in [0.1, 0.15) is 35.4 Å². The Morgan fingerprint density at radius 2 is 2.26 bits per heavy atom. The zero-order valence-electron chi connectivity index (χ0n) is 11.0. The smallest absolute Gasteiger partial charge is 0.172 e. The number of aldehydes is 1. The molecule has 0 saturated carbocycles. The van der Waals surface area contributed by atoms with Gasteiger partial charge in [-0.2, -0.15) is 5.10 Å². The molecule has 0 saturated heterocycles. The molecule has 0 N–H and O–H groups in total. The lowest BCUT2D eigenvalue weighted by Gasteiger charge is -2.08. The van der Waals surface area contributed by atoms with Gasteiger partial charge in [-0.05, 0) is 25.5 Å². The van der Waals surface area contributed by atoms with Crippen LogP contribution in [-0.4, -0.2) is 26.0 Å². The van der Waals surface area contributed by atoms with Crippen molar-refractivity contribution in [2.24, 2.45) is 0 Å². The number of hydrogen-bond acceptors (Lipinski definition) is 5. The van der Waals surface area contributed by atoms with Crippen LogP contribution < -0.4 is 4.74 Å². The molecule has 2 rings (SSSR count). The predicted molar refractivity (Wildman–Crippen MR) is 69.0 cm³/mol. The fourth-order valence-electron chi connectivity index (χ4n) is 1.71. The molecular weight excluding hydrogens is 244 g/mol. The van der Waals surface area contributed by atoms with E-state index in [-0.39, 0.29) is 6.61 Å². The Hall–Kier alpha value is -2.24. The molecule has 0 amide bonds. The lowest BCUT2D eigenvalue weighted by molar-refractivity contribution is 0.111. The molecule has 2 aromatic heterocycles. The van der Waals surface area contributed by atoms with Gasteiger partial charge < -0.3 is 4.74 Å². The summed E-state index contributed by atoms with van der Waals surface area (Å²) in [6, 6.07) is 3.55. The van der Waals surface area contributed by atoms with Crippen LogP contribution in [0.4, 0.5) is 0 Å². The Morgan fingerprint density at radius 3 is 3.00 bits per heavy atom. The quantitative estimate of drug-likeness (QED) is 0.740. The summed E-state index contributed by atoms with van der Waals surface area (Å²) < 4.78 is 7.39. The number of pyridine rings is 1. The molecule has 0 atom stereocenters. The maximum absolute atomic E-state index is 10.9. The van der Waals surface area contributed by atoms with Crippen LogP contribution >= 0.6 is 0 Å². The Bertz CT molecular complexity index is 566. The highest BCUT2D eigenvalue weighted by molar-refractivity contribution is 5.76. The number of carbonyl (C=O) groups is 1. The monoisotopic (exact) mass is 260 g/mol. The second-order valence-electron chi connectivity index (χ2n) is 4.14. The summed E-state index contributed by atoms with van der Waals surface area (Å²) >= 11 is 0. The highest BCUT2D eigenvalue weighted by atomic mass is 16.5. The van der Waals surface area contributed by atoms with Crippen molar-refractivity contribution in [3.8, 4) is 5.75 Å². The fourth-order valence-corrected chi connectivity index (χ4v) is 1.71. The normalized spacial score (nSPS) is 10.4.